The zero-order valence-corrected chi connectivity index (χ0v) is 31.7. The fraction of sp³-hybridized carbons (Fsp3) is 0.205. The van der Waals surface area contributed by atoms with E-state index in [1.807, 2.05) is 24.3 Å². The topological polar surface area (TPSA) is 174 Å². The lowest BCUT2D eigenvalue weighted by atomic mass is 10.1. The number of hydrogen-bond acceptors (Lipinski definition) is 11. The molecule has 0 fully saturated rings. The van der Waals surface area contributed by atoms with Gasteiger partial charge in [0.2, 0.25) is 11.8 Å². The van der Waals surface area contributed by atoms with Crippen molar-refractivity contribution in [2.45, 2.75) is 51.3 Å². The molecule has 3 amide bonds. The van der Waals surface area contributed by atoms with Crippen molar-refractivity contribution in [2.75, 3.05) is 10.6 Å². The Bertz CT molecular complexity index is 2160. The molecule has 12 nitrogen and oxygen atoms in total. The number of ether oxygens (including phenoxy) is 1. The Kier molecular flexibility index (Phi) is 13.8. The zero-order valence-electron chi connectivity index (χ0n) is 30.0. The highest BCUT2D eigenvalue weighted by molar-refractivity contribution is 7.19. The predicted molar refractivity (Wildman–Crippen MR) is 209 cm³/mol. The molecule has 0 aliphatic heterocycles. The number of hydrogen-bond donors (Lipinski definition) is 4. The fourth-order valence-corrected chi connectivity index (χ4v) is 6.47. The number of thiazole rings is 2. The molecule has 2 aromatic carbocycles. The number of rotatable bonds is 11. The van der Waals surface area contributed by atoms with Gasteiger partial charge in [0.05, 0.1) is 18.4 Å². The molecule has 2 atom stereocenters. The number of nitrogens with zero attached hydrogens (tertiary/aromatic N) is 4. The van der Waals surface area contributed by atoms with Crippen LogP contribution in [0.4, 0.5) is 23.6 Å². The van der Waals surface area contributed by atoms with Crippen LogP contribution >= 0.6 is 22.7 Å². The molecule has 55 heavy (non-hydrogen) atoms. The minimum atomic E-state index is -0.924. The Hall–Kier alpha value is -5.97. The third-order valence-electron chi connectivity index (χ3n) is 7.42. The van der Waals surface area contributed by atoms with Crippen LogP contribution in [0.3, 0.4) is 0 Å². The van der Waals surface area contributed by atoms with E-state index in [0.29, 0.717) is 22.0 Å². The highest BCUT2D eigenvalue weighted by Crippen LogP contribution is 2.29. The lowest BCUT2D eigenvalue weighted by Crippen LogP contribution is -2.47. The molecule has 16 heteroatoms. The van der Waals surface area contributed by atoms with Crippen molar-refractivity contribution in [3.63, 3.8) is 0 Å². The summed E-state index contributed by atoms with van der Waals surface area (Å²) in [7, 11) is 0. The summed E-state index contributed by atoms with van der Waals surface area (Å²) in [5.41, 5.74) is 8.53. The second-order valence-corrected chi connectivity index (χ2v) is 15.0. The van der Waals surface area contributed by atoms with Gasteiger partial charge in [0.25, 0.3) is 0 Å². The summed E-state index contributed by atoms with van der Waals surface area (Å²) in [4.78, 5) is 54.0. The van der Waals surface area contributed by atoms with E-state index in [2.05, 4.69) is 35.9 Å². The third-order valence-corrected chi connectivity index (χ3v) is 9.35. The smallest absolute Gasteiger partial charge is 0.408 e. The minimum absolute atomic E-state index is 0.168. The first-order chi connectivity index (χ1) is 26.3. The second-order valence-electron chi connectivity index (χ2n) is 13.0. The van der Waals surface area contributed by atoms with Gasteiger partial charge in [-0.3, -0.25) is 19.6 Å². The van der Waals surface area contributed by atoms with Gasteiger partial charge in [0.15, 0.2) is 0 Å². The molecule has 5 N–H and O–H groups in total. The van der Waals surface area contributed by atoms with Crippen molar-refractivity contribution in [1.29, 1.82) is 0 Å². The number of amides is 3. The molecule has 0 saturated heterocycles. The van der Waals surface area contributed by atoms with E-state index in [1.165, 1.54) is 46.9 Å². The van der Waals surface area contributed by atoms with Gasteiger partial charge in [-0.15, -0.1) is 0 Å². The summed E-state index contributed by atoms with van der Waals surface area (Å²) in [5, 5.41) is 10.8. The van der Waals surface area contributed by atoms with Crippen LogP contribution in [0.5, 0.6) is 0 Å². The molecular weight excluding hydrogens is 747 g/mol. The summed E-state index contributed by atoms with van der Waals surface area (Å²) in [5.74, 6) is -1.42. The quantitative estimate of drug-likeness (QED) is 0.105. The van der Waals surface area contributed by atoms with Crippen molar-refractivity contribution in [3.05, 3.63) is 133 Å². The standard InChI is InChI=1S/C22H23FN4O3S.C17H15FN4OS/c1-22(2,3)30-21(29)26-17(12-14-4-6-16(23)7-5-14)19(28)27-18-13-25-20(31-18)15-8-10-24-11-9-15;18-13-3-1-11(2-4-13)9-14(19)16(23)22-15-10-21-17(24-15)12-5-7-20-8-6-12/h4-11,13,17H,12H2,1-3H3,(H,26,29)(H,27,28);1-8,10,14H,9,19H2,(H,22,23)/t17-;14-/m00/s1. The van der Waals surface area contributed by atoms with Crippen LogP contribution in [0.15, 0.2) is 110 Å². The number of halogens is 2. The van der Waals surface area contributed by atoms with Gasteiger partial charge in [0, 0.05) is 42.3 Å². The van der Waals surface area contributed by atoms with Crippen molar-refractivity contribution in [1.82, 2.24) is 25.3 Å². The zero-order chi connectivity index (χ0) is 39.4. The largest absolute Gasteiger partial charge is 0.444 e. The molecule has 6 rings (SSSR count). The maximum Gasteiger partial charge on any atom is 0.408 e. The van der Waals surface area contributed by atoms with Crippen LogP contribution in [-0.4, -0.2) is 55.5 Å². The molecule has 6 aromatic rings. The number of aromatic nitrogens is 4. The lowest BCUT2D eigenvalue weighted by molar-refractivity contribution is -0.118. The molecule has 284 valence electrons. The number of benzene rings is 2. The van der Waals surface area contributed by atoms with Crippen LogP contribution in [-0.2, 0) is 27.2 Å². The van der Waals surface area contributed by atoms with Gasteiger partial charge >= 0.3 is 6.09 Å². The van der Waals surface area contributed by atoms with Gasteiger partial charge in [-0.2, -0.15) is 0 Å². The fourth-order valence-electron chi connectivity index (χ4n) is 4.82. The van der Waals surface area contributed by atoms with E-state index >= 15 is 0 Å². The van der Waals surface area contributed by atoms with Crippen LogP contribution in [0.25, 0.3) is 21.1 Å². The Balaban J connectivity index is 0.000000218. The summed E-state index contributed by atoms with van der Waals surface area (Å²) in [6.07, 6.45) is 9.65. The average Bonchev–Trinajstić information content (AvgIpc) is 3.83. The molecule has 4 heterocycles. The van der Waals surface area contributed by atoms with Crippen LogP contribution in [0, 0.1) is 11.6 Å². The highest BCUT2D eigenvalue weighted by Gasteiger charge is 2.25. The van der Waals surface area contributed by atoms with Gasteiger partial charge in [-0.1, -0.05) is 46.9 Å². The van der Waals surface area contributed by atoms with Gasteiger partial charge in [-0.05, 0) is 86.8 Å². The molecule has 0 bridgehead atoms. The van der Waals surface area contributed by atoms with Gasteiger partial charge in [-0.25, -0.2) is 23.5 Å². The van der Waals surface area contributed by atoms with E-state index < -0.39 is 29.7 Å². The van der Waals surface area contributed by atoms with Crippen LogP contribution in [0.2, 0.25) is 0 Å². The number of nitrogens with two attached hydrogens (primary N) is 1. The normalized spacial score (nSPS) is 12.0. The number of carbonyl (C=O) groups is 3. The molecule has 0 radical (unpaired) electrons. The monoisotopic (exact) mass is 784 g/mol. The first-order valence-electron chi connectivity index (χ1n) is 16.9. The van der Waals surface area contributed by atoms with Gasteiger partial charge < -0.3 is 26.4 Å². The van der Waals surface area contributed by atoms with E-state index in [-0.39, 0.29) is 24.0 Å². The second kappa shape index (κ2) is 18.9. The highest BCUT2D eigenvalue weighted by atomic mass is 32.1. The number of carbonyl (C=O) groups excluding carboxylic acids is 3. The average molecular weight is 785 g/mol. The van der Waals surface area contributed by atoms with Crippen LogP contribution in [0.1, 0.15) is 31.9 Å². The molecule has 0 aliphatic rings. The molecule has 0 spiro atoms. The van der Waals surface area contributed by atoms with Crippen molar-refractivity contribution < 1.29 is 27.9 Å². The number of anilines is 2. The number of nitrogens with one attached hydrogen (secondary N) is 3. The van der Waals surface area contributed by atoms with E-state index in [0.717, 1.165) is 26.7 Å². The van der Waals surface area contributed by atoms with E-state index in [1.54, 1.807) is 82.2 Å². The maximum atomic E-state index is 13.2. The summed E-state index contributed by atoms with van der Waals surface area (Å²) in [6, 6.07) is 17.4. The SMILES string of the molecule is CC(C)(C)OC(=O)N[C@@H](Cc1ccc(F)cc1)C(=O)Nc1cnc(-c2ccncc2)s1.N[C@@H](Cc1ccc(F)cc1)C(=O)Nc1cnc(-c2ccncc2)s1. The summed E-state index contributed by atoms with van der Waals surface area (Å²) in [6.45, 7) is 5.21. The van der Waals surface area contributed by atoms with Crippen LogP contribution < -0.4 is 21.7 Å². The summed E-state index contributed by atoms with van der Waals surface area (Å²) < 4.78 is 31.4. The molecule has 0 saturated carbocycles. The molecule has 4 aromatic heterocycles. The molecule has 0 unspecified atom stereocenters. The van der Waals surface area contributed by atoms with E-state index in [9.17, 15) is 23.2 Å². The Labute approximate surface area is 324 Å². The Morgan fingerprint density at radius 2 is 1.13 bits per heavy atom. The predicted octanol–water partition coefficient (Wildman–Crippen LogP) is 7.27. The number of alkyl carbamates (subject to hydrolysis) is 1. The van der Waals surface area contributed by atoms with Crippen molar-refractivity contribution in [3.8, 4) is 21.1 Å². The minimum Gasteiger partial charge on any atom is -0.444 e. The molecule has 0 aliphatic carbocycles. The first kappa shape index (κ1) is 40.2. The lowest BCUT2D eigenvalue weighted by Gasteiger charge is -2.23. The number of pyridine rings is 2. The molecular formula is C39H38F2N8O4S2. The van der Waals surface area contributed by atoms with Crippen molar-refractivity contribution in [2.24, 2.45) is 5.73 Å². The maximum absolute atomic E-state index is 13.2. The third kappa shape index (κ3) is 12.8. The first-order valence-corrected chi connectivity index (χ1v) is 18.5. The Morgan fingerprint density at radius 3 is 1.58 bits per heavy atom. The van der Waals surface area contributed by atoms with E-state index in [4.69, 9.17) is 10.5 Å². The van der Waals surface area contributed by atoms with Crippen molar-refractivity contribution >= 4 is 50.6 Å². The Morgan fingerprint density at radius 1 is 0.691 bits per heavy atom. The summed E-state index contributed by atoms with van der Waals surface area (Å²) >= 11 is 2.67. The van der Waals surface area contributed by atoms with Gasteiger partial charge in [0.1, 0.15) is 43.3 Å².